The zero-order chi connectivity index (χ0) is 20.0. The number of allylic oxidation sites excluding steroid dienone is 1. The largest absolute Gasteiger partial charge is 0.481 e. The summed E-state index contributed by atoms with van der Waals surface area (Å²) in [5, 5.41) is 18.4. The van der Waals surface area contributed by atoms with Crippen LogP contribution in [0.2, 0.25) is 0 Å². The number of carbonyl (C=O) groups is 2. The Morgan fingerprint density at radius 1 is 1.07 bits per heavy atom. The van der Waals surface area contributed by atoms with Crippen LogP contribution in [0.3, 0.4) is 0 Å². The molecule has 27 heavy (non-hydrogen) atoms. The van der Waals surface area contributed by atoms with Crippen molar-refractivity contribution >= 4 is 17.8 Å². The minimum absolute atomic E-state index is 0.116. The minimum Gasteiger partial charge on any atom is -0.481 e. The van der Waals surface area contributed by atoms with E-state index < -0.39 is 35.4 Å². The van der Waals surface area contributed by atoms with Crippen LogP contribution in [-0.4, -0.2) is 28.1 Å². The lowest BCUT2D eigenvalue weighted by atomic mass is 9.89. The molecule has 3 atom stereocenters. The Labute approximate surface area is 155 Å². The molecule has 1 aliphatic carbocycles. The third-order valence-corrected chi connectivity index (χ3v) is 4.92. The number of halogens is 3. The van der Waals surface area contributed by atoms with E-state index in [2.05, 4.69) is 0 Å². The molecular formula is C20H23F3O4. The average molecular weight is 384 g/mol. The highest BCUT2D eigenvalue weighted by Gasteiger charge is 2.39. The van der Waals surface area contributed by atoms with Crippen molar-refractivity contribution in [2.75, 3.05) is 0 Å². The predicted molar refractivity (Wildman–Crippen MR) is 93.3 cm³/mol. The van der Waals surface area contributed by atoms with Gasteiger partial charge in [0.2, 0.25) is 0 Å². The predicted octanol–water partition coefficient (Wildman–Crippen LogP) is 4.11. The Kier molecular flexibility index (Phi) is 7.59. The smallest absolute Gasteiger partial charge is 0.303 e. The van der Waals surface area contributed by atoms with Gasteiger partial charge in [-0.05, 0) is 31.2 Å². The van der Waals surface area contributed by atoms with Gasteiger partial charge >= 0.3 is 5.97 Å². The quantitative estimate of drug-likeness (QED) is 0.496. The van der Waals surface area contributed by atoms with Gasteiger partial charge in [0, 0.05) is 24.0 Å². The average Bonchev–Trinajstić information content (AvgIpc) is 2.87. The minimum atomic E-state index is -1.27. The zero-order valence-corrected chi connectivity index (χ0v) is 14.8. The number of Topliss-reactive ketones (excluding diaryl/α,β-unsaturated/α-hetero) is 1. The summed E-state index contributed by atoms with van der Waals surface area (Å²) in [5.41, 5.74) is -0.116. The second kappa shape index (κ2) is 9.69. The first-order valence-electron chi connectivity index (χ1n) is 9.06. The number of unbranched alkanes of at least 4 members (excludes halogenated alkanes) is 3. The van der Waals surface area contributed by atoms with Gasteiger partial charge in [-0.15, -0.1) is 0 Å². The van der Waals surface area contributed by atoms with Crippen molar-refractivity contribution in [2.24, 2.45) is 11.8 Å². The fourth-order valence-corrected chi connectivity index (χ4v) is 3.45. The molecule has 0 amide bonds. The molecule has 0 aliphatic heterocycles. The standard InChI is InChI=1S/C20H23F3O4/c21-15-11-17(23)16(22)9-13(15)8-7-12-10-18(24)20(27)14(12)5-3-1-2-4-6-19(25)26/h7-9,11-12,14,18,24H,1-6,10H2,(H,25,26). The highest BCUT2D eigenvalue weighted by atomic mass is 19.2. The van der Waals surface area contributed by atoms with E-state index in [4.69, 9.17) is 5.11 Å². The number of carboxylic acids is 1. The first-order chi connectivity index (χ1) is 12.8. The van der Waals surface area contributed by atoms with Crippen molar-refractivity contribution in [1.29, 1.82) is 0 Å². The summed E-state index contributed by atoms with van der Waals surface area (Å²) in [6.45, 7) is 0. The topological polar surface area (TPSA) is 74.6 Å². The lowest BCUT2D eigenvalue weighted by Gasteiger charge is -2.14. The molecule has 1 aromatic carbocycles. The zero-order valence-electron chi connectivity index (χ0n) is 14.8. The normalized spacial score (nSPS) is 22.7. The molecule has 0 saturated heterocycles. The Bertz CT molecular complexity index is 717. The molecule has 0 spiro atoms. The highest BCUT2D eigenvalue weighted by Crippen LogP contribution is 2.34. The molecule has 0 radical (unpaired) electrons. The lowest BCUT2D eigenvalue weighted by Crippen LogP contribution is -2.19. The Balaban J connectivity index is 1.95. The van der Waals surface area contributed by atoms with Crippen molar-refractivity contribution in [3.63, 3.8) is 0 Å². The van der Waals surface area contributed by atoms with Crippen LogP contribution in [0.15, 0.2) is 18.2 Å². The number of rotatable bonds is 9. The van der Waals surface area contributed by atoms with E-state index in [1.165, 1.54) is 6.08 Å². The number of aliphatic hydroxyl groups is 1. The van der Waals surface area contributed by atoms with Crippen LogP contribution < -0.4 is 0 Å². The molecule has 1 aliphatic rings. The van der Waals surface area contributed by atoms with Crippen molar-refractivity contribution in [3.8, 4) is 0 Å². The molecule has 0 heterocycles. The molecule has 4 nitrogen and oxygen atoms in total. The molecule has 0 aromatic heterocycles. The summed E-state index contributed by atoms with van der Waals surface area (Å²) in [6.07, 6.45) is 5.49. The lowest BCUT2D eigenvalue weighted by molar-refractivity contribution is -0.137. The fourth-order valence-electron chi connectivity index (χ4n) is 3.45. The van der Waals surface area contributed by atoms with Gasteiger partial charge < -0.3 is 10.2 Å². The van der Waals surface area contributed by atoms with E-state index in [9.17, 15) is 27.9 Å². The summed E-state index contributed by atoms with van der Waals surface area (Å²) in [6, 6.07) is 1.23. The first-order valence-corrected chi connectivity index (χ1v) is 9.06. The summed E-state index contributed by atoms with van der Waals surface area (Å²) in [4.78, 5) is 22.6. The molecule has 3 unspecified atom stereocenters. The van der Waals surface area contributed by atoms with Crippen molar-refractivity contribution in [3.05, 3.63) is 41.2 Å². The van der Waals surface area contributed by atoms with Gasteiger partial charge in [-0.1, -0.05) is 31.4 Å². The second-order valence-corrected chi connectivity index (χ2v) is 6.92. The van der Waals surface area contributed by atoms with Crippen LogP contribution in [0.25, 0.3) is 6.08 Å². The van der Waals surface area contributed by atoms with Crippen LogP contribution in [0.5, 0.6) is 0 Å². The Morgan fingerprint density at radius 2 is 1.74 bits per heavy atom. The number of ketones is 1. The van der Waals surface area contributed by atoms with Crippen molar-refractivity contribution < 1.29 is 33.0 Å². The maximum atomic E-state index is 13.7. The van der Waals surface area contributed by atoms with E-state index in [0.29, 0.717) is 25.3 Å². The van der Waals surface area contributed by atoms with Gasteiger partial charge in [0.15, 0.2) is 17.4 Å². The second-order valence-electron chi connectivity index (χ2n) is 6.92. The van der Waals surface area contributed by atoms with Gasteiger partial charge in [-0.3, -0.25) is 9.59 Å². The van der Waals surface area contributed by atoms with E-state index in [1.807, 2.05) is 0 Å². The number of aliphatic carboxylic acids is 1. The number of aliphatic hydroxyl groups excluding tert-OH is 1. The highest BCUT2D eigenvalue weighted by molar-refractivity contribution is 5.88. The van der Waals surface area contributed by atoms with Crippen LogP contribution in [0.4, 0.5) is 13.2 Å². The fraction of sp³-hybridized carbons (Fsp3) is 0.500. The molecule has 7 heteroatoms. The monoisotopic (exact) mass is 384 g/mol. The Morgan fingerprint density at radius 3 is 2.44 bits per heavy atom. The van der Waals surface area contributed by atoms with Gasteiger partial charge in [0.25, 0.3) is 0 Å². The van der Waals surface area contributed by atoms with Crippen LogP contribution in [0, 0.1) is 29.3 Å². The molecule has 1 aromatic rings. The number of benzene rings is 1. The van der Waals surface area contributed by atoms with Crippen LogP contribution in [0.1, 0.15) is 50.5 Å². The first kappa shape index (κ1) is 21.2. The number of hydrogen-bond donors (Lipinski definition) is 2. The summed E-state index contributed by atoms with van der Waals surface area (Å²) < 4.78 is 40.0. The number of hydrogen-bond acceptors (Lipinski definition) is 3. The van der Waals surface area contributed by atoms with Gasteiger partial charge in [0.1, 0.15) is 11.9 Å². The van der Waals surface area contributed by atoms with E-state index in [0.717, 1.165) is 18.9 Å². The van der Waals surface area contributed by atoms with E-state index in [-0.39, 0.29) is 30.1 Å². The molecule has 1 fully saturated rings. The van der Waals surface area contributed by atoms with Crippen molar-refractivity contribution in [1.82, 2.24) is 0 Å². The summed E-state index contributed by atoms with van der Waals surface area (Å²) in [7, 11) is 0. The molecule has 148 valence electrons. The van der Waals surface area contributed by atoms with Crippen LogP contribution >= 0.6 is 0 Å². The molecular weight excluding hydrogens is 361 g/mol. The Hall–Kier alpha value is -2.15. The molecule has 0 bridgehead atoms. The third-order valence-electron chi connectivity index (χ3n) is 4.92. The maximum absolute atomic E-state index is 13.7. The number of carboxylic acid groups (broad SMARTS) is 1. The molecule has 2 rings (SSSR count). The van der Waals surface area contributed by atoms with E-state index >= 15 is 0 Å². The van der Waals surface area contributed by atoms with Gasteiger partial charge in [0.05, 0.1) is 0 Å². The van der Waals surface area contributed by atoms with Crippen LogP contribution in [-0.2, 0) is 9.59 Å². The third kappa shape index (κ3) is 5.92. The molecule has 2 N–H and O–H groups in total. The molecule has 1 saturated carbocycles. The number of carbonyl (C=O) groups excluding carboxylic acids is 1. The van der Waals surface area contributed by atoms with E-state index in [1.54, 1.807) is 6.08 Å². The SMILES string of the molecule is O=C(O)CCCCCCC1C(=O)C(O)CC1C=Cc1cc(F)c(F)cc1F. The van der Waals surface area contributed by atoms with Crippen molar-refractivity contribution in [2.45, 2.75) is 51.0 Å². The van der Waals surface area contributed by atoms with Gasteiger partial charge in [-0.2, -0.15) is 0 Å². The maximum Gasteiger partial charge on any atom is 0.303 e. The summed E-state index contributed by atoms with van der Waals surface area (Å²) >= 11 is 0. The summed E-state index contributed by atoms with van der Waals surface area (Å²) in [5.74, 6) is -5.14. The van der Waals surface area contributed by atoms with Gasteiger partial charge in [-0.25, -0.2) is 13.2 Å².